The van der Waals surface area contributed by atoms with Crippen LogP contribution >= 0.6 is 15.9 Å². The highest BCUT2D eigenvalue weighted by Crippen LogP contribution is 2.24. The number of hydrogen-bond donors (Lipinski definition) is 0. The summed E-state index contributed by atoms with van der Waals surface area (Å²) in [7, 11) is 0. The molecular weight excluding hydrogens is 436 g/mol. The molecule has 4 rings (SSSR count). The van der Waals surface area contributed by atoms with Crippen molar-refractivity contribution in [2.24, 2.45) is 0 Å². The predicted octanol–water partition coefficient (Wildman–Crippen LogP) is 4.04. The van der Waals surface area contributed by atoms with Gasteiger partial charge in [0.15, 0.2) is 6.61 Å². The number of ether oxygens (including phenoxy) is 2. The fraction of sp³-hybridized carbons (Fsp3) is 0.136. The molecule has 0 aliphatic carbocycles. The lowest BCUT2D eigenvalue weighted by molar-refractivity contribution is -0.147. The Morgan fingerprint density at radius 2 is 1.86 bits per heavy atom. The van der Waals surface area contributed by atoms with Crippen molar-refractivity contribution in [1.82, 2.24) is 9.38 Å². The molecule has 0 radical (unpaired) electrons. The lowest BCUT2D eigenvalue weighted by Crippen LogP contribution is -2.18. The average molecular weight is 453 g/mol. The quantitative estimate of drug-likeness (QED) is 0.427. The van der Waals surface area contributed by atoms with Crippen LogP contribution in [0.5, 0.6) is 5.75 Å². The molecule has 0 unspecified atom stereocenters. The van der Waals surface area contributed by atoms with E-state index in [0.29, 0.717) is 17.1 Å². The Labute approximate surface area is 174 Å². The molecule has 2 aromatic heterocycles. The van der Waals surface area contributed by atoms with Crippen molar-refractivity contribution in [3.05, 3.63) is 86.9 Å². The number of esters is 1. The Bertz CT molecular complexity index is 1280. The van der Waals surface area contributed by atoms with Gasteiger partial charge in [0.1, 0.15) is 18.0 Å². The monoisotopic (exact) mass is 452 g/mol. The largest absolute Gasteiger partial charge is 0.482 e. The fourth-order valence-corrected chi connectivity index (χ4v) is 3.33. The molecule has 0 saturated carbocycles. The second-order valence-electron chi connectivity index (χ2n) is 6.62. The molecule has 0 N–H and O–H groups in total. The molecule has 146 valence electrons. The van der Waals surface area contributed by atoms with Crippen LogP contribution in [0.4, 0.5) is 0 Å². The van der Waals surface area contributed by atoms with Gasteiger partial charge in [-0.05, 0) is 53.6 Å². The molecule has 0 fully saturated rings. The number of aryl methyl sites for hydroxylation is 1. The summed E-state index contributed by atoms with van der Waals surface area (Å²) >= 11 is 3.44. The van der Waals surface area contributed by atoms with Crippen molar-refractivity contribution in [1.29, 1.82) is 0 Å². The van der Waals surface area contributed by atoms with Gasteiger partial charge < -0.3 is 9.47 Å². The summed E-state index contributed by atoms with van der Waals surface area (Å²) in [6, 6.07) is 16.5. The van der Waals surface area contributed by atoms with Crippen LogP contribution in [0.2, 0.25) is 0 Å². The van der Waals surface area contributed by atoms with Gasteiger partial charge in [0.05, 0.1) is 5.69 Å². The van der Waals surface area contributed by atoms with Gasteiger partial charge in [-0.3, -0.25) is 9.20 Å². The summed E-state index contributed by atoms with van der Waals surface area (Å²) in [6.45, 7) is 1.58. The first-order chi connectivity index (χ1) is 14.0. The van der Waals surface area contributed by atoms with Gasteiger partial charge in [0, 0.05) is 16.7 Å². The first kappa shape index (κ1) is 19.1. The van der Waals surface area contributed by atoms with Crippen LogP contribution in [0.15, 0.2) is 70.1 Å². The number of benzene rings is 2. The topological polar surface area (TPSA) is 69.9 Å². The van der Waals surface area contributed by atoms with E-state index in [4.69, 9.17) is 9.47 Å². The number of hydrogen-bond acceptors (Lipinski definition) is 5. The fourth-order valence-electron chi connectivity index (χ4n) is 2.95. The van der Waals surface area contributed by atoms with E-state index < -0.39 is 5.97 Å². The van der Waals surface area contributed by atoms with Crippen molar-refractivity contribution >= 4 is 38.3 Å². The third-order valence-electron chi connectivity index (χ3n) is 4.37. The molecule has 29 heavy (non-hydrogen) atoms. The second-order valence-corrected chi connectivity index (χ2v) is 7.54. The van der Waals surface area contributed by atoms with E-state index in [-0.39, 0.29) is 18.8 Å². The highest BCUT2D eigenvalue weighted by molar-refractivity contribution is 9.10. The van der Waals surface area contributed by atoms with Gasteiger partial charge in [-0.1, -0.05) is 34.1 Å². The summed E-state index contributed by atoms with van der Waals surface area (Å²) < 4.78 is 13.2. The Hall–Kier alpha value is -3.19. The summed E-state index contributed by atoms with van der Waals surface area (Å²) in [5.41, 5.74) is 1.64. The summed E-state index contributed by atoms with van der Waals surface area (Å²) in [5.74, 6) is 0.0426. The molecule has 0 amide bonds. The van der Waals surface area contributed by atoms with E-state index in [1.165, 1.54) is 10.5 Å². The lowest BCUT2D eigenvalue weighted by Gasteiger charge is -2.09. The summed E-state index contributed by atoms with van der Waals surface area (Å²) in [6.07, 6.45) is 1.72. The SMILES string of the molecule is Cc1ccc2nc(COC(=O)COc3ccc4cc(Br)ccc4c3)cc(=O)n2c1. The maximum absolute atomic E-state index is 12.2. The van der Waals surface area contributed by atoms with Gasteiger partial charge in [0.2, 0.25) is 0 Å². The van der Waals surface area contributed by atoms with E-state index in [0.717, 1.165) is 20.8 Å². The van der Waals surface area contributed by atoms with Crippen molar-refractivity contribution < 1.29 is 14.3 Å². The Kier molecular flexibility index (Phi) is 5.31. The Morgan fingerprint density at radius 1 is 1.07 bits per heavy atom. The van der Waals surface area contributed by atoms with Crippen LogP contribution in [0, 0.1) is 6.92 Å². The maximum Gasteiger partial charge on any atom is 0.344 e. The minimum atomic E-state index is -0.535. The molecular formula is C22H17BrN2O4. The zero-order valence-corrected chi connectivity index (χ0v) is 17.2. The Balaban J connectivity index is 1.38. The molecule has 0 bridgehead atoms. The van der Waals surface area contributed by atoms with Gasteiger partial charge in [-0.25, -0.2) is 9.78 Å². The molecule has 6 nitrogen and oxygen atoms in total. The number of halogens is 1. The molecule has 0 atom stereocenters. The zero-order chi connectivity index (χ0) is 20.4. The molecule has 2 aromatic carbocycles. The highest BCUT2D eigenvalue weighted by atomic mass is 79.9. The van der Waals surface area contributed by atoms with Gasteiger partial charge in [0.25, 0.3) is 5.56 Å². The van der Waals surface area contributed by atoms with Crippen molar-refractivity contribution in [2.45, 2.75) is 13.5 Å². The third kappa shape index (κ3) is 4.46. The van der Waals surface area contributed by atoms with Gasteiger partial charge >= 0.3 is 5.97 Å². The molecule has 0 aliphatic heterocycles. The zero-order valence-electron chi connectivity index (χ0n) is 15.6. The third-order valence-corrected chi connectivity index (χ3v) is 4.87. The lowest BCUT2D eigenvalue weighted by atomic mass is 10.1. The van der Waals surface area contributed by atoms with E-state index >= 15 is 0 Å². The summed E-state index contributed by atoms with van der Waals surface area (Å²) in [5, 5.41) is 2.08. The standard InChI is InChI=1S/C22H17BrN2O4/c1-14-2-7-20-24-18(10-21(26)25(20)11-14)12-29-22(27)13-28-19-6-4-15-8-17(23)5-3-16(15)9-19/h2-11H,12-13H2,1H3. The molecule has 0 aliphatic rings. The van der Waals surface area contributed by atoms with Crippen molar-refractivity contribution in [3.63, 3.8) is 0 Å². The number of carbonyl (C=O) groups is 1. The first-order valence-electron chi connectivity index (χ1n) is 8.95. The molecule has 0 spiro atoms. The average Bonchev–Trinajstić information content (AvgIpc) is 2.71. The van der Waals surface area contributed by atoms with Gasteiger partial charge in [-0.2, -0.15) is 0 Å². The van der Waals surface area contributed by atoms with E-state index in [2.05, 4.69) is 20.9 Å². The maximum atomic E-state index is 12.2. The minimum Gasteiger partial charge on any atom is -0.482 e. The van der Waals surface area contributed by atoms with Crippen LogP contribution in [0.25, 0.3) is 16.4 Å². The van der Waals surface area contributed by atoms with E-state index in [1.807, 2.05) is 43.3 Å². The molecule has 4 aromatic rings. The number of nitrogens with zero attached hydrogens (tertiary/aromatic N) is 2. The smallest absolute Gasteiger partial charge is 0.344 e. The number of rotatable bonds is 5. The van der Waals surface area contributed by atoms with Crippen LogP contribution in [-0.2, 0) is 16.1 Å². The van der Waals surface area contributed by atoms with E-state index in [9.17, 15) is 9.59 Å². The normalized spacial score (nSPS) is 11.0. The number of fused-ring (bicyclic) bond motifs is 2. The number of aromatic nitrogens is 2. The highest BCUT2D eigenvalue weighted by Gasteiger charge is 2.08. The number of carbonyl (C=O) groups excluding carboxylic acids is 1. The predicted molar refractivity (Wildman–Crippen MR) is 113 cm³/mol. The van der Waals surface area contributed by atoms with Crippen LogP contribution < -0.4 is 10.3 Å². The van der Waals surface area contributed by atoms with Crippen LogP contribution in [0.3, 0.4) is 0 Å². The van der Waals surface area contributed by atoms with Gasteiger partial charge in [-0.15, -0.1) is 0 Å². The molecule has 0 saturated heterocycles. The number of pyridine rings is 1. The second kappa shape index (κ2) is 8.05. The van der Waals surface area contributed by atoms with Crippen LogP contribution in [0.1, 0.15) is 11.3 Å². The van der Waals surface area contributed by atoms with Crippen molar-refractivity contribution in [2.75, 3.05) is 6.61 Å². The minimum absolute atomic E-state index is 0.0897. The Morgan fingerprint density at radius 3 is 2.72 bits per heavy atom. The summed E-state index contributed by atoms with van der Waals surface area (Å²) in [4.78, 5) is 28.6. The first-order valence-corrected chi connectivity index (χ1v) is 9.74. The van der Waals surface area contributed by atoms with E-state index in [1.54, 1.807) is 18.3 Å². The molecule has 2 heterocycles. The van der Waals surface area contributed by atoms with Crippen LogP contribution in [-0.4, -0.2) is 22.0 Å². The molecule has 7 heteroatoms. The van der Waals surface area contributed by atoms with Crippen molar-refractivity contribution in [3.8, 4) is 5.75 Å².